The number of amides is 1. The quantitative estimate of drug-likeness (QED) is 0.699. The minimum atomic E-state index is -1.85. The molecule has 7 heteroatoms. The van der Waals surface area contributed by atoms with Gasteiger partial charge >= 0.3 is 0 Å². The molecule has 0 atom stereocenters. The molecule has 5 nitrogen and oxygen atoms in total. The Bertz CT molecular complexity index is 1060. The van der Waals surface area contributed by atoms with Crippen LogP contribution in [0.5, 0.6) is 0 Å². The molecule has 160 valence electrons. The van der Waals surface area contributed by atoms with Crippen molar-refractivity contribution in [3.05, 3.63) is 57.9 Å². The maximum Gasteiger partial charge on any atom is 0.242 e. The number of carbonyl (C=O) groups excluding carboxylic acids is 1. The summed E-state index contributed by atoms with van der Waals surface area (Å²) < 4.78 is 31.1. The van der Waals surface area contributed by atoms with Crippen molar-refractivity contribution in [2.24, 2.45) is 4.36 Å². The van der Waals surface area contributed by atoms with E-state index in [1.165, 1.54) is 0 Å². The molecule has 0 radical (unpaired) electrons. The van der Waals surface area contributed by atoms with Gasteiger partial charge in [-0.1, -0.05) is 29.2 Å². The van der Waals surface area contributed by atoms with Crippen molar-refractivity contribution in [3.8, 4) is 0 Å². The van der Waals surface area contributed by atoms with Crippen LogP contribution in [0, 0.1) is 5.82 Å². The highest BCUT2D eigenvalue weighted by atomic mass is 32.2. The van der Waals surface area contributed by atoms with Crippen molar-refractivity contribution >= 4 is 22.2 Å². The number of anilines is 1. The lowest BCUT2D eigenvalue weighted by Crippen LogP contribution is -2.16. The van der Waals surface area contributed by atoms with Crippen LogP contribution in [-0.4, -0.2) is 17.6 Å². The largest absolute Gasteiger partial charge is 0.440 e. The molecule has 0 fully saturated rings. The number of carbonyl (C=O) groups is 1. The minimum absolute atomic E-state index is 0.0515. The predicted octanol–water partition coefficient (Wildman–Crippen LogP) is 4.18. The van der Waals surface area contributed by atoms with Gasteiger partial charge in [0.15, 0.2) is 0 Å². The number of aliphatic hydroxyl groups is 1. The SMILES string of the molecule is CC(C)(O)c1cccc([S-](=O)=NC(=O)CNc2c3c(c(F)c4c2CCC4)CCC3)c1. The summed E-state index contributed by atoms with van der Waals surface area (Å²) in [6.45, 7) is 3.20. The van der Waals surface area contributed by atoms with Gasteiger partial charge in [-0.15, -0.1) is 0 Å². The van der Waals surface area contributed by atoms with Crippen molar-refractivity contribution in [1.82, 2.24) is 0 Å². The molecule has 2 aliphatic carbocycles. The van der Waals surface area contributed by atoms with Gasteiger partial charge in [-0.25, -0.2) is 4.39 Å². The van der Waals surface area contributed by atoms with Gasteiger partial charge in [0, 0.05) is 5.69 Å². The van der Waals surface area contributed by atoms with Gasteiger partial charge in [-0.05, 0) is 80.2 Å². The second kappa shape index (κ2) is 8.12. The van der Waals surface area contributed by atoms with Crippen LogP contribution in [0.1, 0.15) is 54.5 Å². The minimum Gasteiger partial charge on any atom is -0.440 e. The molecule has 4 rings (SSSR count). The average Bonchev–Trinajstić information content (AvgIpc) is 3.37. The second-order valence-electron chi connectivity index (χ2n) is 8.48. The van der Waals surface area contributed by atoms with E-state index in [1.54, 1.807) is 38.1 Å². The van der Waals surface area contributed by atoms with Gasteiger partial charge in [-0.3, -0.25) is 4.79 Å². The lowest BCUT2D eigenvalue weighted by Gasteiger charge is -2.19. The highest BCUT2D eigenvalue weighted by molar-refractivity contribution is 7.75. The third-order valence-corrected chi connectivity index (χ3v) is 6.94. The Morgan fingerprint density at radius 3 is 2.33 bits per heavy atom. The van der Waals surface area contributed by atoms with Gasteiger partial charge in [0.25, 0.3) is 0 Å². The summed E-state index contributed by atoms with van der Waals surface area (Å²) in [5.41, 5.74) is 3.96. The Kier molecular flexibility index (Phi) is 5.68. The fourth-order valence-electron chi connectivity index (χ4n) is 4.43. The zero-order valence-electron chi connectivity index (χ0n) is 17.3. The van der Waals surface area contributed by atoms with Crippen LogP contribution in [0.2, 0.25) is 0 Å². The van der Waals surface area contributed by atoms with Crippen LogP contribution < -0.4 is 5.32 Å². The molecular weight excluding hydrogens is 403 g/mol. The Balaban J connectivity index is 1.54. The first-order chi connectivity index (χ1) is 14.3. The van der Waals surface area contributed by atoms with Crippen molar-refractivity contribution in [2.45, 2.75) is 62.9 Å². The van der Waals surface area contributed by atoms with Crippen molar-refractivity contribution in [1.29, 1.82) is 0 Å². The van der Waals surface area contributed by atoms with E-state index in [-0.39, 0.29) is 12.4 Å². The number of nitrogens with zero attached hydrogens (tertiary/aromatic N) is 1. The van der Waals surface area contributed by atoms with E-state index in [2.05, 4.69) is 9.68 Å². The van der Waals surface area contributed by atoms with Crippen molar-refractivity contribution in [3.63, 3.8) is 0 Å². The summed E-state index contributed by atoms with van der Waals surface area (Å²) in [4.78, 5) is 12.8. The average molecular weight is 430 g/mol. The Morgan fingerprint density at radius 1 is 1.13 bits per heavy atom. The lowest BCUT2D eigenvalue weighted by atomic mass is 9.97. The molecule has 2 aromatic carbocycles. The Morgan fingerprint density at radius 2 is 1.73 bits per heavy atom. The van der Waals surface area contributed by atoms with Gasteiger partial charge < -0.3 is 19.0 Å². The zero-order valence-corrected chi connectivity index (χ0v) is 18.1. The molecule has 2 aliphatic rings. The van der Waals surface area contributed by atoms with E-state index in [9.17, 15) is 18.5 Å². The summed E-state index contributed by atoms with van der Waals surface area (Å²) in [6, 6.07) is 6.64. The molecule has 0 saturated carbocycles. The smallest absolute Gasteiger partial charge is 0.242 e. The van der Waals surface area contributed by atoms with Crippen LogP contribution in [0.15, 0.2) is 33.5 Å². The summed E-state index contributed by atoms with van der Waals surface area (Å²) >= 11 is 0. The molecule has 0 unspecified atom stereocenters. The summed E-state index contributed by atoms with van der Waals surface area (Å²) in [5.74, 6) is -0.575. The number of hydrogen-bond acceptors (Lipinski definition) is 5. The summed E-state index contributed by atoms with van der Waals surface area (Å²) in [5, 5.41) is 13.3. The van der Waals surface area contributed by atoms with Crippen molar-refractivity contribution < 1.29 is 18.5 Å². The number of hydrogen-bond donors (Lipinski definition) is 2. The van der Waals surface area contributed by atoms with Gasteiger partial charge in [0.1, 0.15) is 5.82 Å². The van der Waals surface area contributed by atoms with E-state index in [0.717, 1.165) is 66.5 Å². The van der Waals surface area contributed by atoms with Gasteiger partial charge in [-0.2, -0.15) is 10.6 Å². The predicted molar refractivity (Wildman–Crippen MR) is 114 cm³/mol. The number of rotatable bonds is 5. The Hall–Kier alpha value is -2.25. The summed E-state index contributed by atoms with van der Waals surface area (Å²) in [6.07, 6.45) is 4.94. The first-order valence-corrected chi connectivity index (χ1v) is 11.4. The first kappa shape index (κ1) is 21.0. The first-order valence-electron chi connectivity index (χ1n) is 10.3. The van der Waals surface area contributed by atoms with E-state index < -0.39 is 22.1 Å². The van der Waals surface area contributed by atoms with Crippen molar-refractivity contribution in [2.75, 3.05) is 11.9 Å². The summed E-state index contributed by atoms with van der Waals surface area (Å²) in [7, 11) is -1.85. The van der Waals surface area contributed by atoms with Crippen LogP contribution in [0.4, 0.5) is 10.1 Å². The highest BCUT2D eigenvalue weighted by Gasteiger charge is 2.28. The topological polar surface area (TPSA) is 78.8 Å². The molecule has 0 bridgehead atoms. The molecule has 30 heavy (non-hydrogen) atoms. The third kappa shape index (κ3) is 4.01. The van der Waals surface area contributed by atoms with Crippen LogP contribution in [0.25, 0.3) is 0 Å². The van der Waals surface area contributed by atoms with E-state index in [0.29, 0.717) is 10.5 Å². The number of nitrogens with one attached hydrogen (secondary N) is 1. The standard InChI is InChI=1S/C23H26FN2O3S/c1-23(2,28)14-6-3-7-15(12-14)30(29)26-20(27)13-25-22-18-10-4-8-16(18)21(24)17-9-5-11-19(17)22/h3,6-7,12,25,28H,4-5,8-11,13H2,1-2H3/q-1. The maximum absolute atomic E-state index is 14.8. The van der Waals surface area contributed by atoms with E-state index in [1.807, 2.05) is 0 Å². The molecule has 1 amide bonds. The molecule has 2 N–H and O–H groups in total. The monoisotopic (exact) mass is 429 g/mol. The molecule has 0 aromatic heterocycles. The molecule has 0 heterocycles. The molecule has 0 saturated heterocycles. The fourth-order valence-corrected chi connectivity index (χ4v) is 5.21. The molecular formula is C23H26FN2O3S-. The number of halogens is 1. The number of benzene rings is 2. The van der Waals surface area contributed by atoms with Crippen LogP contribution >= 0.6 is 0 Å². The Labute approximate surface area is 177 Å². The highest BCUT2D eigenvalue weighted by Crippen LogP contribution is 2.40. The normalized spacial score (nSPS) is 16.4. The second-order valence-corrected chi connectivity index (χ2v) is 9.64. The van der Waals surface area contributed by atoms with Crippen LogP contribution in [0.3, 0.4) is 0 Å². The van der Waals surface area contributed by atoms with E-state index >= 15 is 0 Å². The molecule has 0 spiro atoms. The lowest BCUT2D eigenvalue weighted by molar-refractivity contribution is -0.116. The molecule has 0 aliphatic heterocycles. The van der Waals surface area contributed by atoms with Crippen LogP contribution in [-0.2, 0) is 50.9 Å². The number of fused-ring (bicyclic) bond motifs is 2. The molecule has 2 aromatic rings. The van der Waals surface area contributed by atoms with E-state index in [4.69, 9.17) is 0 Å². The third-order valence-electron chi connectivity index (χ3n) is 5.91. The fraction of sp³-hybridized carbons (Fsp3) is 0.435. The zero-order chi connectivity index (χ0) is 21.5. The maximum atomic E-state index is 14.8. The van der Waals surface area contributed by atoms with Gasteiger partial charge in [0.05, 0.1) is 12.1 Å². The van der Waals surface area contributed by atoms with Gasteiger partial charge in [0.2, 0.25) is 5.91 Å².